The zero-order chi connectivity index (χ0) is 76.2. The topological polar surface area (TPSA) is 227 Å². The van der Waals surface area contributed by atoms with Gasteiger partial charge in [-0.3, -0.25) is 0 Å². The summed E-state index contributed by atoms with van der Waals surface area (Å²) in [5, 5.41) is 15.6. The fraction of sp³-hybridized carbons (Fsp3) is 0.0208. The Labute approximate surface area is 653 Å². The molecule has 0 aliphatic carbocycles. The summed E-state index contributed by atoms with van der Waals surface area (Å²) < 4.78 is 4.49. The number of nitriles is 1. The molecule has 0 amide bonds. The van der Waals surface area contributed by atoms with Crippen LogP contribution in [0, 0.1) is 25.2 Å². The van der Waals surface area contributed by atoms with Crippen LogP contribution in [-0.2, 0) is 0 Å². The van der Waals surface area contributed by atoms with Gasteiger partial charge in [-0.15, -0.1) is 0 Å². The van der Waals surface area contributed by atoms with Gasteiger partial charge < -0.3 is 9.13 Å². The Morgan fingerprint density at radius 1 is 0.202 bits per heavy atom. The van der Waals surface area contributed by atoms with Crippen molar-refractivity contribution in [3.05, 3.63) is 345 Å². The molecular weight excluding hydrogens is 1410 g/mol. The van der Waals surface area contributed by atoms with Gasteiger partial charge >= 0.3 is 0 Å². The fourth-order valence-electron chi connectivity index (χ4n) is 14.8. The Balaban J connectivity index is 0.917. The number of fused-ring (bicyclic) bond motifs is 6. The molecule has 20 rings (SSSR count). The van der Waals surface area contributed by atoms with E-state index >= 15 is 0 Å². The Hall–Kier alpha value is -16.0. The summed E-state index contributed by atoms with van der Waals surface area (Å²) in [5.74, 6) is 7.12. The number of hydrogen-bond acceptors (Lipinski definition) is 16. The van der Waals surface area contributed by atoms with Crippen LogP contribution in [0.2, 0.25) is 0 Å². The second-order valence-electron chi connectivity index (χ2n) is 27.5. The Morgan fingerprint density at radius 3 is 0.614 bits per heavy atom. The van der Waals surface area contributed by atoms with Crippen LogP contribution in [0.15, 0.2) is 328 Å². The lowest BCUT2D eigenvalue weighted by atomic mass is 10.0. The van der Waals surface area contributed by atoms with E-state index in [1.165, 1.54) is 0 Å². The molecule has 0 atom stereocenters. The summed E-state index contributed by atoms with van der Waals surface area (Å²) in [7, 11) is 0. The maximum absolute atomic E-state index is 12.0. The Morgan fingerprint density at radius 2 is 0.404 bits per heavy atom. The molecule has 0 radical (unpaired) electrons. The highest BCUT2D eigenvalue weighted by Gasteiger charge is 2.28. The Bertz CT molecular complexity index is 6550. The summed E-state index contributed by atoms with van der Waals surface area (Å²) in [6.07, 6.45) is 0. The molecule has 0 unspecified atom stereocenters. The molecule has 114 heavy (non-hydrogen) atoms. The summed E-state index contributed by atoms with van der Waals surface area (Å²) in [6, 6.07) is 112. The van der Waals surface area contributed by atoms with Crippen LogP contribution < -0.4 is 0 Å². The van der Waals surface area contributed by atoms with Crippen molar-refractivity contribution in [1.29, 1.82) is 5.26 Å². The second kappa shape index (κ2) is 28.5. The number of aromatic nitrogens is 17. The van der Waals surface area contributed by atoms with Gasteiger partial charge in [0, 0.05) is 93.9 Å². The van der Waals surface area contributed by atoms with Crippen LogP contribution in [0.25, 0.3) is 203 Å². The standard InChI is InChI=1S/C96H60N18/c1-58-98-59(2)100-96(99-58)77-56-83(114-80-53-70(94-109-88(64-35-19-7-20-36-64)103-89(110-94)65-37-21-8-22-38-65)45-49-75(80)76-50-46-71(54-81(76)114)95-111-90(66-39-23-9-24-40-66)104-91(112-95)67-41-25-10-26-42-67)82(55-72(77)57-97)113-78-51-68(92-105-84(60-27-11-3-12-28-60)101-85(106-92)61-29-13-4-14-30-61)43-47-73(78)74-48-44-69(52-79(74)113)93-107-86(62-31-15-5-16-32-62)102-87(108-93)63-33-17-6-18-34-63/h3-56H,1-2H3. The van der Waals surface area contributed by atoms with Crippen LogP contribution in [-0.4, -0.2) is 83.9 Å². The average Bonchev–Trinajstić information content (AvgIpc) is 1.55. The maximum Gasteiger partial charge on any atom is 0.164 e. The van der Waals surface area contributed by atoms with Gasteiger partial charge in [0.1, 0.15) is 11.6 Å². The average molecular weight is 1470 g/mol. The first-order valence-electron chi connectivity index (χ1n) is 37.2. The smallest absolute Gasteiger partial charge is 0.164 e. The zero-order valence-electron chi connectivity index (χ0n) is 61.2. The van der Waals surface area contributed by atoms with E-state index in [2.05, 4.69) is 93.0 Å². The first-order chi connectivity index (χ1) is 56.2. The lowest BCUT2D eigenvalue weighted by Crippen LogP contribution is -2.08. The molecule has 0 fully saturated rings. The summed E-state index contributed by atoms with van der Waals surface area (Å²) in [5.41, 5.74) is 14.4. The van der Waals surface area contributed by atoms with Gasteiger partial charge in [0.15, 0.2) is 75.7 Å². The molecule has 0 saturated carbocycles. The number of rotatable bonds is 15. The van der Waals surface area contributed by atoms with Crippen LogP contribution >= 0.6 is 0 Å². The highest BCUT2D eigenvalue weighted by Crippen LogP contribution is 2.45. The molecule has 7 heterocycles. The summed E-state index contributed by atoms with van der Waals surface area (Å²) >= 11 is 0. The van der Waals surface area contributed by atoms with Crippen LogP contribution in [0.5, 0.6) is 0 Å². The molecule has 0 aliphatic heterocycles. The molecular formula is C96H60N18. The third-order valence-electron chi connectivity index (χ3n) is 20.2. The quantitative estimate of drug-likeness (QED) is 0.0929. The highest BCUT2D eigenvalue weighted by molar-refractivity contribution is 6.14. The second-order valence-corrected chi connectivity index (χ2v) is 27.5. The lowest BCUT2D eigenvalue weighted by molar-refractivity contribution is 0.927. The Kier molecular flexibility index (Phi) is 16.9. The number of nitrogens with zero attached hydrogens (tertiary/aromatic N) is 18. The first kappa shape index (κ1) is 67.4. The van der Waals surface area contributed by atoms with E-state index < -0.39 is 0 Å². The molecule has 0 aliphatic rings. The minimum absolute atomic E-state index is 0.289. The van der Waals surface area contributed by atoms with E-state index in [1.54, 1.807) is 0 Å². The minimum atomic E-state index is 0.289. The molecule has 0 N–H and O–H groups in total. The van der Waals surface area contributed by atoms with Gasteiger partial charge in [-0.2, -0.15) is 5.26 Å². The van der Waals surface area contributed by atoms with Gasteiger partial charge in [-0.25, -0.2) is 74.8 Å². The maximum atomic E-state index is 12.0. The van der Waals surface area contributed by atoms with Crippen LogP contribution in [0.1, 0.15) is 17.2 Å². The predicted octanol–water partition coefficient (Wildman–Crippen LogP) is 21.0. The van der Waals surface area contributed by atoms with Gasteiger partial charge in [0.2, 0.25) is 0 Å². The van der Waals surface area contributed by atoms with Crippen molar-refractivity contribution in [3.63, 3.8) is 0 Å². The van der Waals surface area contributed by atoms with Gasteiger partial charge in [0.25, 0.3) is 0 Å². The largest absolute Gasteiger partial charge is 0.307 e. The number of hydrogen-bond donors (Lipinski definition) is 0. The molecule has 7 aromatic heterocycles. The van der Waals surface area contributed by atoms with Crippen molar-refractivity contribution >= 4 is 43.6 Å². The number of aryl methyl sites for hydroxylation is 2. The third kappa shape index (κ3) is 12.6. The van der Waals surface area contributed by atoms with E-state index in [-0.39, 0.29) is 5.56 Å². The third-order valence-corrected chi connectivity index (χ3v) is 20.2. The predicted molar refractivity (Wildman–Crippen MR) is 447 cm³/mol. The highest BCUT2D eigenvalue weighted by atomic mass is 15.1. The van der Waals surface area contributed by atoms with E-state index in [1.807, 2.05) is 269 Å². The van der Waals surface area contributed by atoms with E-state index in [0.29, 0.717) is 127 Å². The number of benzene rings is 13. The summed E-state index contributed by atoms with van der Waals surface area (Å²) in [6.45, 7) is 3.67. The van der Waals surface area contributed by atoms with Crippen molar-refractivity contribution in [2.24, 2.45) is 0 Å². The first-order valence-corrected chi connectivity index (χ1v) is 37.2. The fourth-order valence-corrected chi connectivity index (χ4v) is 14.8. The van der Waals surface area contributed by atoms with E-state index in [4.69, 9.17) is 69.8 Å². The van der Waals surface area contributed by atoms with Crippen molar-refractivity contribution < 1.29 is 0 Å². The molecule has 534 valence electrons. The zero-order valence-corrected chi connectivity index (χ0v) is 61.2. The molecule has 0 spiro atoms. The van der Waals surface area contributed by atoms with Crippen molar-refractivity contribution in [3.8, 4) is 165 Å². The summed E-state index contributed by atoms with van der Waals surface area (Å²) in [4.78, 5) is 77.7. The molecule has 13 aromatic carbocycles. The normalized spacial score (nSPS) is 11.4. The molecule has 20 aromatic rings. The van der Waals surface area contributed by atoms with Crippen molar-refractivity contribution in [1.82, 2.24) is 83.9 Å². The molecule has 0 saturated heterocycles. The van der Waals surface area contributed by atoms with E-state index in [9.17, 15) is 5.26 Å². The lowest BCUT2D eigenvalue weighted by Gasteiger charge is -2.20. The van der Waals surface area contributed by atoms with Gasteiger partial charge in [-0.1, -0.05) is 291 Å². The minimum Gasteiger partial charge on any atom is -0.307 e. The molecule has 18 nitrogen and oxygen atoms in total. The van der Waals surface area contributed by atoms with Gasteiger partial charge in [-0.05, 0) is 50.2 Å². The van der Waals surface area contributed by atoms with Crippen molar-refractivity contribution in [2.75, 3.05) is 0 Å². The van der Waals surface area contributed by atoms with Crippen LogP contribution in [0.4, 0.5) is 0 Å². The van der Waals surface area contributed by atoms with E-state index in [0.717, 1.165) is 88.1 Å². The van der Waals surface area contributed by atoms with Crippen LogP contribution in [0.3, 0.4) is 0 Å². The molecule has 0 bridgehead atoms. The van der Waals surface area contributed by atoms with Gasteiger partial charge in [0.05, 0.1) is 45.1 Å². The molecule has 18 heteroatoms. The SMILES string of the molecule is Cc1nc(C)nc(-c2cc(-n3c4cc(-c5nc(-c6ccccc6)nc(-c6ccccc6)n5)ccc4c4ccc(-c5nc(-c6ccccc6)nc(-c6ccccc6)n5)cc43)c(-n3c4cc(-c5nc(-c6ccccc6)nc(-c6ccccc6)n5)ccc4c4ccc(-c5nc(-c6ccccc6)nc(-c6ccccc6)n5)cc43)cc2C#N)n1. The monoisotopic (exact) mass is 1460 g/mol. The van der Waals surface area contributed by atoms with Crippen molar-refractivity contribution in [2.45, 2.75) is 13.8 Å².